The standard InChI is InChI=1S/C21H28N6/c1-24-15-17-7-10-27(20(17)16-24)19-5-3-18(4-6-19)25-11-13-26(14-12-25)21-22-8-2-9-23-21/h2-6,8-9,17,20H,7,10-16H2,1H3/t17-,20+/m1/s1. The Kier molecular flexibility index (Phi) is 4.36. The normalized spacial score (nSPS) is 25.9. The first kappa shape index (κ1) is 16.8. The summed E-state index contributed by atoms with van der Waals surface area (Å²) in [6, 6.07) is 11.8. The molecule has 1 aromatic carbocycles. The van der Waals surface area contributed by atoms with Gasteiger partial charge in [0.1, 0.15) is 0 Å². The van der Waals surface area contributed by atoms with Crippen LogP contribution >= 0.6 is 0 Å². The summed E-state index contributed by atoms with van der Waals surface area (Å²) in [6.45, 7) is 7.62. The molecule has 0 bridgehead atoms. The molecule has 1 aromatic heterocycles. The highest BCUT2D eigenvalue weighted by molar-refractivity contribution is 5.58. The molecule has 2 aromatic rings. The van der Waals surface area contributed by atoms with Crippen LogP contribution in [0.4, 0.5) is 17.3 Å². The number of benzene rings is 1. The van der Waals surface area contributed by atoms with E-state index in [1.165, 1.54) is 37.4 Å². The van der Waals surface area contributed by atoms with E-state index in [1.54, 1.807) is 0 Å². The molecular weight excluding hydrogens is 336 g/mol. The largest absolute Gasteiger partial charge is 0.368 e. The number of piperazine rings is 1. The van der Waals surface area contributed by atoms with E-state index in [1.807, 2.05) is 18.5 Å². The van der Waals surface area contributed by atoms with E-state index in [9.17, 15) is 0 Å². The minimum atomic E-state index is 0.704. The molecule has 0 N–H and O–H groups in total. The third-order valence-electron chi connectivity index (χ3n) is 6.39. The number of hydrogen-bond acceptors (Lipinski definition) is 6. The van der Waals surface area contributed by atoms with Crippen LogP contribution in [0, 0.1) is 5.92 Å². The van der Waals surface area contributed by atoms with Crippen molar-refractivity contribution in [1.82, 2.24) is 14.9 Å². The lowest BCUT2D eigenvalue weighted by Gasteiger charge is -2.36. The molecule has 2 atom stereocenters. The maximum absolute atomic E-state index is 4.37. The van der Waals surface area contributed by atoms with E-state index in [4.69, 9.17) is 0 Å². The number of rotatable bonds is 3. The Morgan fingerprint density at radius 3 is 2.22 bits per heavy atom. The zero-order valence-electron chi connectivity index (χ0n) is 16.0. The summed E-state index contributed by atoms with van der Waals surface area (Å²) >= 11 is 0. The summed E-state index contributed by atoms with van der Waals surface area (Å²) < 4.78 is 0. The average molecular weight is 364 g/mol. The van der Waals surface area contributed by atoms with Crippen molar-refractivity contribution in [1.29, 1.82) is 0 Å². The van der Waals surface area contributed by atoms with E-state index in [2.05, 4.69) is 60.9 Å². The minimum absolute atomic E-state index is 0.704. The van der Waals surface area contributed by atoms with Gasteiger partial charge in [-0.1, -0.05) is 0 Å². The molecule has 142 valence electrons. The van der Waals surface area contributed by atoms with Crippen molar-refractivity contribution in [3.05, 3.63) is 42.7 Å². The van der Waals surface area contributed by atoms with Crippen LogP contribution in [0.15, 0.2) is 42.7 Å². The van der Waals surface area contributed by atoms with Gasteiger partial charge in [-0.15, -0.1) is 0 Å². The first-order chi connectivity index (χ1) is 13.3. The van der Waals surface area contributed by atoms with Gasteiger partial charge in [0, 0.05) is 75.6 Å². The lowest BCUT2D eigenvalue weighted by Crippen LogP contribution is -2.47. The van der Waals surface area contributed by atoms with Gasteiger partial charge < -0.3 is 19.6 Å². The van der Waals surface area contributed by atoms with Gasteiger partial charge in [0.05, 0.1) is 0 Å². The summed E-state index contributed by atoms with van der Waals surface area (Å²) in [7, 11) is 2.25. The highest BCUT2D eigenvalue weighted by Gasteiger charge is 2.39. The predicted molar refractivity (Wildman–Crippen MR) is 110 cm³/mol. The molecule has 0 unspecified atom stereocenters. The van der Waals surface area contributed by atoms with E-state index >= 15 is 0 Å². The average Bonchev–Trinajstić information content (AvgIpc) is 3.28. The summed E-state index contributed by atoms with van der Waals surface area (Å²) in [5.41, 5.74) is 2.71. The van der Waals surface area contributed by atoms with E-state index < -0.39 is 0 Å². The Hall–Kier alpha value is -2.34. The maximum atomic E-state index is 4.37. The molecule has 3 aliphatic heterocycles. The predicted octanol–water partition coefficient (Wildman–Crippen LogP) is 1.94. The molecule has 0 saturated carbocycles. The zero-order valence-corrected chi connectivity index (χ0v) is 16.0. The van der Waals surface area contributed by atoms with Crippen LogP contribution in [0.1, 0.15) is 6.42 Å². The van der Waals surface area contributed by atoms with Crippen molar-refractivity contribution in [2.45, 2.75) is 12.5 Å². The number of likely N-dealkylation sites (tertiary alicyclic amines) is 1. The second-order valence-corrected chi connectivity index (χ2v) is 8.07. The molecular formula is C21H28N6. The molecule has 0 spiro atoms. The molecule has 3 saturated heterocycles. The summed E-state index contributed by atoms with van der Waals surface area (Å²) in [5, 5.41) is 0. The summed E-state index contributed by atoms with van der Waals surface area (Å²) in [5.74, 6) is 1.69. The van der Waals surface area contributed by atoms with E-state index in [0.29, 0.717) is 6.04 Å². The molecule has 0 radical (unpaired) electrons. The lowest BCUT2D eigenvalue weighted by atomic mass is 10.0. The molecule has 0 aliphatic carbocycles. The Morgan fingerprint density at radius 2 is 1.48 bits per heavy atom. The molecule has 0 amide bonds. The van der Waals surface area contributed by atoms with Crippen LogP contribution in [0.3, 0.4) is 0 Å². The lowest BCUT2D eigenvalue weighted by molar-refractivity contribution is 0.386. The third-order valence-corrected chi connectivity index (χ3v) is 6.39. The number of fused-ring (bicyclic) bond motifs is 1. The minimum Gasteiger partial charge on any atom is -0.368 e. The van der Waals surface area contributed by atoms with Crippen LogP contribution in [-0.4, -0.2) is 73.8 Å². The van der Waals surface area contributed by atoms with Crippen molar-refractivity contribution in [3.63, 3.8) is 0 Å². The fourth-order valence-electron chi connectivity index (χ4n) is 4.97. The van der Waals surface area contributed by atoms with E-state index in [-0.39, 0.29) is 0 Å². The van der Waals surface area contributed by atoms with Gasteiger partial charge in [0.2, 0.25) is 5.95 Å². The van der Waals surface area contributed by atoms with Gasteiger partial charge in [0.25, 0.3) is 0 Å². The first-order valence-corrected chi connectivity index (χ1v) is 10.1. The molecule has 5 rings (SSSR count). The maximum Gasteiger partial charge on any atom is 0.225 e. The number of hydrogen-bond donors (Lipinski definition) is 0. The first-order valence-electron chi connectivity index (χ1n) is 10.1. The van der Waals surface area contributed by atoms with Crippen LogP contribution < -0.4 is 14.7 Å². The summed E-state index contributed by atoms with van der Waals surface area (Å²) in [4.78, 5) is 18.6. The molecule has 4 heterocycles. The number of nitrogens with zero attached hydrogens (tertiary/aromatic N) is 6. The molecule has 3 fully saturated rings. The Bertz CT molecular complexity index is 756. The second-order valence-electron chi connectivity index (χ2n) is 8.07. The second kappa shape index (κ2) is 7.00. The van der Waals surface area contributed by atoms with Gasteiger partial charge in [-0.25, -0.2) is 9.97 Å². The van der Waals surface area contributed by atoms with Crippen LogP contribution in [0.25, 0.3) is 0 Å². The number of likely N-dealkylation sites (N-methyl/N-ethyl adjacent to an activating group) is 1. The Labute approximate surface area is 161 Å². The van der Waals surface area contributed by atoms with E-state index in [0.717, 1.165) is 38.0 Å². The van der Waals surface area contributed by atoms with Gasteiger partial charge in [-0.2, -0.15) is 0 Å². The SMILES string of the molecule is CN1C[C@H]2CCN(c3ccc(N4CCN(c5ncccn5)CC4)cc3)[C@H]2C1. The quantitative estimate of drug-likeness (QED) is 0.829. The monoisotopic (exact) mass is 364 g/mol. The van der Waals surface area contributed by atoms with Crippen molar-refractivity contribution >= 4 is 17.3 Å². The van der Waals surface area contributed by atoms with Gasteiger partial charge in [-0.05, 0) is 49.7 Å². The van der Waals surface area contributed by atoms with Gasteiger partial charge >= 0.3 is 0 Å². The van der Waals surface area contributed by atoms with Crippen LogP contribution in [0.2, 0.25) is 0 Å². The third kappa shape index (κ3) is 3.23. The highest BCUT2D eigenvalue weighted by Crippen LogP contribution is 2.35. The van der Waals surface area contributed by atoms with Crippen molar-refractivity contribution in [3.8, 4) is 0 Å². The van der Waals surface area contributed by atoms with Gasteiger partial charge in [0.15, 0.2) is 0 Å². The fourth-order valence-corrected chi connectivity index (χ4v) is 4.97. The molecule has 6 heteroatoms. The Balaban J connectivity index is 1.23. The van der Waals surface area contributed by atoms with Crippen molar-refractivity contribution in [2.24, 2.45) is 5.92 Å². The zero-order chi connectivity index (χ0) is 18.2. The fraction of sp³-hybridized carbons (Fsp3) is 0.524. The Morgan fingerprint density at radius 1 is 0.815 bits per heavy atom. The molecule has 6 nitrogen and oxygen atoms in total. The summed E-state index contributed by atoms with van der Waals surface area (Å²) in [6.07, 6.45) is 4.97. The molecule has 3 aliphatic rings. The molecule has 27 heavy (non-hydrogen) atoms. The van der Waals surface area contributed by atoms with Gasteiger partial charge in [-0.3, -0.25) is 0 Å². The van der Waals surface area contributed by atoms with Crippen LogP contribution in [0.5, 0.6) is 0 Å². The van der Waals surface area contributed by atoms with Crippen molar-refractivity contribution in [2.75, 3.05) is 67.6 Å². The van der Waals surface area contributed by atoms with Crippen molar-refractivity contribution < 1.29 is 0 Å². The number of anilines is 3. The highest BCUT2D eigenvalue weighted by atomic mass is 15.3. The number of aromatic nitrogens is 2. The topological polar surface area (TPSA) is 38.7 Å². The smallest absolute Gasteiger partial charge is 0.225 e. The van der Waals surface area contributed by atoms with Crippen LogP contribution in [-0.2, 0) is 0 Å².